The third-order valence-electron chi connectivity index (χ3n) is 2.66. The molecule has 0 spiro atoms. The molecule has 0 atom stereocenters. The van der Waals surface area contributed by atoms with Crippen LogP contribution in [0.3, 0.4) is 0 Å². The van der Waals surface area contributed by atoms with Gasteiger partial charge in [-0.15, -0.1) is 0 Å². The summed E-state index contributed by atoms with van der Waals surface area (Å²) < 4.78 is 0. The Morgan fingerprint density at radius 2 is 2.16 bits per heavy atom. The highest BCUT2D eigenvalue weighted by Crippen LogP contribution is 2.15. The van der Waals surface area contributed by atoms with Gasteiger partial charge in [-0.2, -0.15) is 0 Å². The van der Waals surface area contributed by atoms with Crippen molar-refractivity contribution in [1.82, 2.24) is 15.0 Å². The molecule has 1 amide bonds. The van der Waals surface area contributed by atoms with Gasteiger partial charge in [0.15, 0.2) is 0 Å². The number of amides is 1. The van der Waals surface area contributed by atoms with Gasteiger partial charge in [-0.05, 0) is 30.3 Å². The number of hydrogen-bond acceptors (Lipinski definition) is 3. The molecular weight excluding hydrogens is 264 g/mol. The van der Waals surface area contributed by atoms with Gasteiger partial charge in [0.1, 0.15) is 5.15 Å². The summed E-state index contributed by atoms with van der Waals surface area (Å²) in [6, 6.07) is 8.83. The van der Waals surface area contributed by atoms with Crippen molar-refractivity contribution in [2.24, 2.45) is 0 Å². The van der Waals surface area contributed by atoms with E-state index < -0.39 is 0 Å². The summed E-state index contributed by atoms with van der Waals surface area (Å²) in [4.78, 5) is 22.9. The normalized spacial score (nSPS) is 10.6. The molecule has 6 heteroatoms. The number of aromatic amines is 1. The fourth-order valence-electron chi connectivity index (χ4n) is 1.77. The molecule has 2 N–H and O–H groups in total. The van der Waals surface area contributed by atoms with Crippen molar-refractivity contribution in [3.05, 3.63) is 53.4 Å². The van der Waals surface area contributed by atoms with Crippen LogP contribution in [-0.2, 0) is 0 Å². The number of H-pyrrole nitrogens is 1. The number of nitrogens with zero attached hydrogens (tertiary/aromatic N) is 2. The minimum absolute atomic E-state index is 0.187. The van der Waals surface area contributed by atoms with Crippen LogP contribution in [-0.4, -0.2) is 20.9 Å². The number of hydrogen-bond donors (Lipinski definition) is 2. The number of halogens is 1. The second kappa shape index (κ2) is 4.70. The van der Waals surface area contributed by atoms with Gasteiger partial charge in [-0.1, -0.05) is 11.6 Å². The molecule has 0 aliphatic carbocycles. The van der Waals surface area contributed by atoms with E-state index in [1.165, 1.54) is 6.20 Å². The zero-order valence-electron chi connectivity index (χ0n) is 9.72. The number of carbonyl (C=O) groups excluding carboxylic acids is 1. The van der Waals surface area contributed by atoms with Crippen LogP contribution in [0.5, 0.6) is 0 Å². The highest BCUT2D eigenvalue weighted by atomic mass is 35.5. The molecule has 0 saturated heterocycles. The largest absolute Gasteiger partial charge is 0.361 e. The summed E-state index contributed by atoms with van der Waals surface area (Å²) in [5.41, 5.74) is 1.52. The Hall–Kier alpha value is -2.40. The van der Waals surface area contributed by atoms with Gasteiger partial charge in [0.05, 0.1) is 0 Å². The number of rotatable bonds is 2. The lowest BCUT2D eigenvalue weighted by Gasteiger charge is -2.03. The van der Waals surface area contributed by atoms with E-state index in [1.807, 2.05) is 18.3 Å². The van der Waals surface area contributed by atoms with Crippen molar-refractivity contribution in [3.63, 3.8) is 0 Å². The monoisotopic (exact) mass is 272 g/mol. The Kier molecular flexibility index (Phi) is 2.89. The third kappa shape index (κ3) is 2.41. The van der Waals surface area contributed by atoms with E-state index in [0.717, 1.165) is 10.9 Å². The number of fused-ring (bicyclic) bond motifs is 1. The molecule has 3 rings (SSSR count). The summed E-state index contributed by atoms with van der Waals surface area (Å²) in [5, 5.41) is 3.86. The Labute approximate surface area is 113 Å². The first-order valence-electron chi connectivity index (χ1n) is 5.59. The number of aromatic nitrogens is 3. The zero-order chi connectivity index (χ0) is 13.2. The predicted molar refractivity (Wildman–Crippen MR) is 73.3 cm³/mol. The summed E-state index contributed by atoms with van der Waals surface area (Å²) in [7, 11) is 0. The summed E-state index contributed by atoms with van der Waals surface area (Å²) in [5.74, 6) is -0.0861. The summed E-state index contributed by atoms with van der Waals surface area (Å²) in [6.07, 6.45) is 3.31. The molecule has 0 aliphatic rings. The van der Waals surface area contributed by atoms with E-state index in [-0.39, 0.29) is 17.0 Å². The topological polar surface area (TPSA) is 70.7 Å². The maximum Gasteiger partial charge on any atom is 0.258 e. The Morgan fingerprint density at radius 1 is 1.26 bits per heavy atom. The van der Waals surface area contributed by atoms with Crippen LogP contribution in [0.2, 0.25) is 5.15 Å². The van der Waals surface area contributed by atoms with Crippen LogP contribution in [0.4, 0.5) is 5.95 Å². The minimum atomic E-state index is -0.273. The van der Waals surface area contributed by atoms with Crippen molar-refractivity contribution in [1.29, 1.82) is 0 Å². The first-order valence-corrected chi connectivity index (χ1v) is 5.97. The van der Waals surface area contributed by atoms with Crippen molar-refractivity contribution in [3.8, 4) is 0 Å². The van der Waals surface area contributed by atoms with Gasteiger partial charge < -0.3 is 4.98 Å². The van der Waals surface area contributed by atoms with E-state index in [1.54, 1.807) is 18.2 Å². The first-order chi connectivity index (χ1) is 9.22. The minimum Gasteiger partial charge on any atom is -0.361 e. The summed E-state index contributed by atoms with van der Waals surface area (Å²) >= 11 is 5.73. The highest BCUT2D eigenvalue weighted by Gasteiger charge is 2.09. The molecule has 1 aromatic carbocycles. The van der Waals surface area contributed by atoms with Gasteiger partial charge in [0, 0.05) is 28.9 Å². The second-order valence-corrected chi connectivity index (χ2v) is 4.32. The number of nitrogens with one attached hydrogen (secondary N) is 2. The van der Waals surface area contributed by atoms with Crippen molar-refractivity contribution in [2.75, 3.05) is 5.32 Å². The zero-order valence-corrected chi connectivity index (χ0v) is 10.5. The van der Waals surface area contributed by atoms with E-state index in [4.69, 9.17) is 11.6 Å². The molecule has 0 fully saturated rings. The molecule has 0 radical (unpaired) electrons. The van der Waals surface area contributed by atoms with E-state index in [2.05, 4.69) is 20.3 Å². The Bertz CT molecular complexity index is 753. The fraction of sp³-hybridized carbons (Fsp3) is 0. The molecular formula is C13H9ClN4O. The van der Waals surface area contributed by atoms with Gasteiger partial charge in [-0.3, -0.25) is 10.1 Å². The average Bonchev–Trinajstić information content (AvgIpc) is 2.85. The molecule has 2 heterocycles. The van der Waals surface area contributed by atoms with Crippen LogP contribution in [0.15, 0.2) is 42.7 Å². The lowest BCUT2D eigenvalue weighted by Crippen LogP contribution is -2.13. The molecule has 5 nitrogen and oxygen atoms in total. The lowest BCUT2D eigenvalue weighted by molar-refractivity contribution is 0.102. The maximum atomic E-state index is 12.0. The number of benzene rings is 1. The van der Waals surface area contributed by atoms with Crippen LogP contribution < -0.4 is 5.32 Å². The lowest BCUT2D eigenvalue weighted by atomic mass is 10.1. The fourth-order valence-corrected chi connectivity index (χ4v) is 1.90. The second-order valence-electron chi connectivity index (χ2n) is 3.94. The SMILES string of the molecule is O=C(Nc1nccc(Cl)n1)c1ccc2[nH]ccc2c1. The predicted octanol–water partition coefficient (Wildman–Crippen LogP) is 2.86. The van der Waals surface area contributed by atoms with Gasteiger partial charge in [0.25, 0.3) is 5.91 Å². The van der Waals surface area contributed by atoms with Crippen LogP contribution in [0.1, 0.15) is 10.4 Å². The van der Waals surface area contributed by atoms with Crippen LogP contribution in [0.25, 0.3) is 10.9 Å². The van der Waals surface area contributed by atoms with Gasteiger partial charge >= 0.3 is 0 Å². The van der Waals surface area contributed by atoms with Crippen molar-refractivity contribution in [2.45, 2.75) is 0 Å². The van der Waals surface area contributed by atoms with Gasteiger partial charge in [0.2, 0.25) is 5.95 Å². The van der Waals surface area contributed by atoms with Crippen LogP contribution in [0, 0.1) is 0 Å². The molecule has 94 valence electrons. The quantitative estimate of drug-likeness (QED) is 0.705. The smallest absolute Gasteiger partial charge is 0.258 e. The van der Waals surface area contributed by atoms with Crippen LogP contribution >= 0.6 is 11.6 Å². The highest BCUT2D eigenvalue weighted by molar-refractivity contribution is 6.29. The first kappa shape index (κ1) is 11.7. The third-order valence-corrected chi connectivity index (χ3v) is 2.87. The molecule has 0 aliphatic heterocycles. The number of carbonyl (C=O) groups is 1. The molecule has 0 unspecified atom stereocenters. The molecule has 2 aromatic heterocycles. The van der Waals surface area contributed by atoms with Gasteiger partial charge in [-0.25, -0.2) is 9.97 Å². The molecule has 3 aromatic rings. The maximum absolute atomic E-state index is 12.0. The Balaban J connectivity index is 1.87. The Morgan fingerprint density at radius 3 is 3.00 bits per heavy atom. The average molecular weight is 273 g/mol. The van der Waals surface area contributed by atoms with E-state index >= 15 is 0 Å². The van der Waals surface area contributed by atoms with E-state index in [0.29, 0.717) is 5.56 Å². The molecule has 19 heavy (non-hydrogen) atoms. The van der Waals surface area contributed by atoms with Crippen molar-refractivity contribution >= 4 is 34.4 Å². The van der Waals surface area contributed by atoms with E-state index in [9.17, 15) is 4.79 Å². The summed E-state index contributed by atoms with van der Waals surface area (Å²) in [6.45, 7) is 0. The number of anilines is 1. The van der Waals surface area contributed by atoms with Crippen molar-refractivity contribution < 1.29 is 4.79 Å². The molecule has 0 saturated carbocycles. The standard InChI is InChI=1S/C13H9ClN4O/c14-11-4-6-16-13(17-11)18-12(19)9-1-2-10-8(7-9)3-5-15-10/h1-7,15H,(H,16,17,18,19). The molecule has 0 bridgehead atoms.